The minimum atomic E-state index is -3.85. The maximum atomic E-state index is 12.9. The Morgan fingerprint density at radius 1 is 1.07 bits per heavy atom. The summed E-state index contributed by atoms with van der Waals surface area (Å²) in [4.78, 5) is 25.3. The first-order valence-corrected chi connectivity index (χ1v) is 11.1. The van der Waals surface area contributed by atoms with Gasteiger partial charge in [0, 0.05) is 19.4 Å². The quantitative estimate of drug-likeness (QED) is 0.555. The Balaban J connectivity index is 1.81. The zero-order valence-corrected chi connectivity index (χ0v) is 16.9. The van der Waals surface area contributed by atoms with E-state index in [0.717, 1.165) is 24.2 Å². The molecule has 0 spiro atoms. The number of ether oxygens (including phenoxy) is 1. The number of imide groups is 1. The number of piperidine rings is 1. The number of nitrogens with one attached hydrogen (secondary N) is 1. The molecule has 8 heteroatoms. The van der Waals surface area contributed by atoms with Crippen LogP contribution in [-0.4, -0.2) is 33.9 Å². The van der Waals surface area contributed by atoms with Gasteiger partial charge in [-0.1, -0.05) is 11.6 Å². The Morgan fingerprint density at radius 3 is 2.46 bits per heavy atom. The van der Waals surface area contributed by atoms with Crippen LogP contribution in [0.3, 0.4) is 0 Å². The first-order valence-electron chi connectivity index (χ1n) is 9.64. The number of hydrogen-bond donors (Lipinski definition) is 1. The number of amides is 2. The summed E-state index contributed by atoms with van der Waals surface area (Å²) in [7, 11) is -2.46. The van der Waals surface area contributed by atoms with E-state index in [1.807, 2.05) is 0 Å². The van der Waals surface area contributed by atoms with Gasteiger partial charge in [-0.25, -0.2) is 13.1 Å². The third-order valence-corrected chi connectivity index (χ3v) is 6.58. The number of hydrogen-bond acceptors (Lipinski definition) is 5. The Kier molecular flexibility index (Phi) is 6.51. The Labute approximate surface area is 165 Å². The molecule has 7 nitrogen and oxygen atoms in total. The van der Waals surface area contributed by atoms with Crippen molar-refractivity contribution >= 4 is 27.5 Å². The summed E-state index contributed by atoms with van der Waals surface area (Å²) < 4.78 is 33.5. The molecule has 1 N–H and O–H groups in total. The summed E-state index contributed by atoms with van der Waals surface area (Å²) in [5.41, 5.74) is 1.53. The van der Waals surface area contributed by atoms with Crippen molar-refractivity contribution in [1.29, 1.82) is 0 Å². The largest absolute Gasteiger partial charge is 0.495 e. The van der Waals surface area contributed by atoms with E-state index in [4.69, 9.17) is 4.74 Å². The highest BCUT2D eigenvalue weighted by Crippen LogP contribution is 2.31. The van der Waals surface area contributed by atoms with Gasteiger partial charge in [0.25, 0.3) is 0 Å². The van der Waals surface area contributed by atoms with E-state index in [2.05, 4.69) is 10.8 Å². The van der Waals surface area contributed by atoms with Crippen LogP contribution in [0, 0.1) is 0 Å². The molecule has 3 rings (SSSR count). The molecule has 0 atom stereocenters. The lowest BCUT2D eigenvalue weighted by Gasteiger charge is -2.25. The SMILES string of the molecule is COc1ccc(N2C(=O)CCCC2=O)cc1S(=O)(=O)NCCC1=CCCCC1. The predicted molar refractivity (Wildman–Crippen MR) is 106 cm³/mol. The highest BCUT2D eigenvalue weighted by Gasteiger charge is 2.29. The molecule has 0 saturated carbocycles. The van der Waals surface area contributed by atoms with Crippen molar-refractivity contribution < 1.29 is 22.7 Å². The molecular formula is C20H26N2O5S. The van der Waals surface area contributed by atoms with E-state index in [1.54, 1.807) is 0 Å². The lowest BCUT2D eigenvalue weighted by Crippen LogP contribution is -2.40. The number of anilines is 1. The van der Waals surface area contributed by atoms with Crippen molar-refractivity contribution in [2.45, 2.75) is 56.3 Å². The molecule has 2 amide bonds. The maximum Gasteiger partial charge on any atom is 0.244 e. The van der Waals surface area contributed by atoms with Crippen LogP contribution in [0.2, 0.25) is 0 Å². The second-order valence-corrected chi connectivity index (χ2v) is 8.80. The van der Waals surface area contributed by atoms with E-state index >= 15 is 0 Å². The van der Waals surface area contributed by atoms with Gasteiger partial charge in [0.1, 0.15) is 10.6 Å². The number of sulfonamides is 1. The summed E-state index contributed by atoms with van der Waals surface area (Å²) in [5, 5.41) is 0. The first-order chi connectivity index (χ1) is 13.4. The zero-order chi connectivity index (χ0) is 20.1. The van der Waals surface area contributed by atoms with Crippen molar-refractivity contribution in [3.63, 3.8) is 0 Å². The van der Waals surface area contributed by atoms with Crippen LogP contribution in [0.1, 0.15) is 51.4 Å². The van der Waals surface area contributed by atoms with E-state index < -0.39 is 10.0 Å². The molecule has 1 aromatic rings. The normalized spacial score (nSPS) is 18.2. The van der Waals surface area contributed by atoms with Gasteiger partial charge in [0.2, 0.25) is 21.8 Å². The third-order valence-electron chi connectivity index (χ3n) is 5.10. The fourth-order valence-electron chi connectivity index (χ4n) is 3.61. The standard InChI is InChI=1S/C20H26N2O5S/c1-27-17-11-10-16(22-19(23)8-5-9-20(22)24)14-18(17)28(25,26)21-13-12-15-6-3-2-4-7-15/h6,10-11,14,21H,2-5,7-9,12-13H2,1H3. The van der Waals surface area contributed by atoms with E-state index in [1.165, 1.54) is 37.3 Å². The predicted octanol–water partition coefficient (Wildman–Crippen LogP) is 2.91. The Hall–Kier alpha value is -2.19. The third kappa shape index (κ3) is 4.62. The van der Waals surface area contributed by atoms with Crippen molar-refractivity contribution in [3.8, 4) is 5.75 Å². The van der Waals surface area contributed by atoms with Gasteiger partial charge in [-0.3, -0.25) is 14.5 Å². The number of benzene rings is 1. The first kappa shape index (κ1) is 20.5. The van der Waals surface area contributed by atoms with E-state index in [9.17, 15) is 18.0 Å². The minimum Gasteiger partial charge on any atom is -0.495 e. The number of carbonyl (C=O) groups excluding carboxylic acids is 2. The lowest BCUT2D eigenvalue weighted by molar-refractivity contribution is -0.129. The van der Waals surface area contributed by atoms with E-state index in [0.29, 0.717) is 19.4 Å². The average molecular weight is 407 g/mol. The molecule has 0 bridgehead atoms. The molecule has 1 heterocycles. The fraction of sp³-hybridized carbons (Fsp3) is 0.500. The molecule has 28 heavy (non-hydrogen) atoms. The molecular weight excluding hydrogens is 380 g/mol. The van der Waals surface area contributed by atoms with Crippen molar-refractivity contribution in [1.82, 2.24) is 4.72 Å². The van der Waals surface area contributed by atoms with Crippen molar-refractivity contribution in [2.75, 3.05) is 18.6 Å². The van der Waals surface area contributed by atoms with Crippen LogP contribution in [0.25, 0.3) is 0 Å². The highest BCUT2D eigenvalue weighted by atomic mass is 32.2. The van der Waals surface area contributed by atoms with Crippen LogP contribution in [-0.2, 0) is 19.6 Å². The summed E-state index contributed by atoms with van der Waals surface area (Å²) in [6.07, 6.45) is 8.32. The maximum absolute atomic E-state index is 12.9. The monoisotopic (exact) mass is 406 g/mol. The minimum absolute atomic E-state index is 0.0729. The van der Waals surface area contributed by atoms with Gasteiger partial charge in [-0.05, 0) is 56.7 Å². The van der Waals surface area contributed by atoms with Crippen LogP contribution in [0.5, 0.6) is 5.75 Å². The molecule has 2 aliphatic rings. The second kappa shape index (κ2) is 8.87. The van der Waals surface area contributed by atoms with Crippen LogP contribution < -0.4 is 14.4 Å². The van der Waals surface area contributed by atoms with Gasteiger partial charge < -0.3 is 4.74 Å². The van der Waals surface area contributed by atoms with Crippen molar-refractivity contribution in [2.24, 2.45) is 0 Å². The number of allylic oxidation sites excluding steroid dienone is 1. The number of methoxy groups -OCH3 is 1. The van der Waals surface area contributed by atoms with Gasteiger partial charge in [-0.2, -0.15) is 0 Å². The topological polar surface area (TPSA) is 92.8 Å². The molecule has 0 radical (unpaired) electrons. The zero-order valence-electron chi connectivity index (χ0n) is 16.1. The molecule has 0 aromatic heterocycles. The summed E-state index contributed by atoms with van der Waals surface area (Å²) in [5.74, 6) is -0.464. The van der Waals surface area contributed by atoms with Gasteiger partial charge >= 0.3 is 0 Å². The summed E-state index contributed by atoms with van der Waals surface area (Å²) >= 11 is 0. The molecule has 1 aliphatic heterocycles. The molecule has 1 fully saturated rings. The van der Waals surface area contributed by atoms with Crippen LogP contribution >= 0.6 is 0 Å². The molecule has 152 valence electrons. The smallest absolute Gasteiger partial charge is 0.244 e. The Bertz CT molecular complexity index is 876. The highest BCUT2D eigenvalue weighted by molar-refractivity contribution is 7.89. The number of rotatable bonds is 7. The van der Waals surface area contributed by atoms with Gasteiger partial charge in [0.05, 0.1) is 12.8 Å². The second-order valence-electron chi connectivity index (χ2n) is 7.07. The van der Waals surface area contributed by atoms with Crippen molar-refractivity contribution in [3.05, 3.63) is 29.8 Å². The lowest BCUT2D eigenvalue weighted by atomic mass is 9.97. The molecule has 1 saturated heterocycles. The summed E-state index contributed by atoms with van der Waals surface area (Å²) in [6, 6.07) is 4.34. The van der Waals surface area contributed by atoms with E-state index in [-0.39, 0.29) is 41.0 Å². The molecule has 1 aliphatic carbocycles. The number of nitrogens with zero attached hydrogens (tertiary/aromatic N) is 1. The summed E-state index contributed by atoms with van der Waals surface area (Å²) in [6.45, 7) is 0.295. The number of carbonyl (C=O) groups is 2. The Morgan fingerprint density at radius 2 is 1.82 bits per heavy atom. The molecule has 0 unspecified atom stereocenters. The van der Waals surface area contributed by atoms with Crippen LogP contribution in [0.15, 0.2) is 34.7 Å². The molecule has 1 aromatic carbocycles. The van der Waals surface area contributed by atoms with Crippen LogP contribution in [0.4, 0.5) is 5.69 Å². The van der Waals surface area contributed by atoms with Gasteiger partial charge in [0.15, 0.2) is 0 Å². The fourth-order valence-corrected chi connectivity index (χ4v) is 4.83. The average Bonchev–Trinajstić information content (AvgIpc) is 2.68. The van der Waals surface area contributed by atoms with Gasteiger partial charge in [-0.15, -0.1) is 0 Å².